The smallest absolute Gasteiger partial charge is 0.339 e. The van der Waals surface area contributed by atoms with Gasteiger partial charge in [0.1, 0.15) is 0 Å². The maximum absolute atomic E-state index is 11.6. The van der Waals surface area contributed by atoms with Crippen molar-refractivity contribution in [2.45, 2.75) is 17.6 Å². The molecule has 0 amide bonds. The SMILES string of the molecule is Cc1nc(SC(F)(F)F)no1. The molecular formula is C4H3F3N2OS. The van der Waals surface area contributed by atoms with Crippen LogP contribution in [-0.2, 0) is 0 Å². The molecule has 0 saturated heterocycles. The van der Waals surface area contributed by atoms with Crippen molar-refractivity contribution in [2.75, 3.05) is 0 Å². The van der Waals surface area contributed by atoms with Crippen LogP contribution in [0.25, 0.3) is 0 Å². The van der Waals surface area contributed by atoms with E-state index in [9.17, 15) is 13.2 Å². The van der Waals surface area contributed by atoms with Gasteiger partial charge < -0.3 is 4.52 Å². The summed E-state index contributed by atoms with van der Waals surface area (Å²) in [6.45, 7) is 1.42. The van der Waals surface area contributed by atoms with Crippen LogP contribution in [0.1, 0.15) is 5.89 Å². The number of aromatic nitrogens is 2. The molecule has 0 fully saturated rings. The standard InChI is InChI=1S/C4H3F3N2OS/c1-2-8-3(9-10-2)11-4(5,6)7/h1H3. The molecule has 7 heteroatoms. The Morgan fingerprint density at radius 2 is 2.09 bits per heavy atom. The van der Waals surface area contributed by atoms with Gasteiger partial charge in [-0.15, -0.1) is 0 Å². The van der Waals surface area contributed by atoms with Crippen LogP contribution in [-0.4, -0.2) is 15.6 Å². The Morgan fingerprint density at radius 3 is 2.45 bits per heavy atom. The fourth-order valence-corrected chi connectivity index (χ4v) is 0.881. The molecule has 0 bridgehead atoms. The Bertz CT molecular complexity index is 246. The molecule has 3 nitrogen and oxygen atoms in total. The van der Waals surface area contributed by atoms with Crippen LogP contribution < -0.4 is 0 Å². The minimum Gasteiger partial charge on any atom is -0.339 e. The first kappa shape index (κ1) is 8.38. The van der Waals surface area contributed by atoms with Crippen molar-refractivity contribution in [1.29, 1.82) is 0 Å². The van der Waals surface area contributed by atoms with Gasteiger partial charge in [-0.05, 0) is 0 Å². The highest BCUT2D eigenvalue weighted by Gasteiger charge is 2.31. The second-order valence-electron chi connectivity index (χ2n) is 1.64. The third-order valence-electron chi connectivity index (χ3n) is 0.716. The number of nitrogens with zero attached hydrogens (tertiary/aromatic N) is 2. The second-order valence-corrected chi connectivity index (χ2v) is 2.68. The molecule has 0 N–H and O–H groups in total. The predicted molar refractivity (Wildman–Crippen MR) is 30.9 cm³/mol. The molecule has 0 saturated carbocycles. The highest BCUT2D eigenvalue weighted by atomic mass is 32.2. The average Bonchev–Trinajstić information content (AvgIpc) is 2.10. The van der Waals surface area contributed by atoms with Crippen molar-refractivity contribution >= 4 is 11.8 Å². The lowest BCUT2D eigenvalue weighted by Crippen LogP contribution is -1.99. The summed E-state index contributed by atoms with van der Waals surface area (Å²) in [5.41, 5.74) is -4.35. The molecule has 0 aliphatic heterocycles. The van der Waals surface area contributed by atoms with E-state index in [0.29, 0.717) is 0 Å². The Labute approximate surface area is 64.0 Å². The third kappa shape index (κ3) is 2.79. The van der Waals surface area contributed by atoms with Crippen LogP contribution in [0.5, 0.6) is 0 Å². The fourth-order valence-electron chi connectivity index (χ4n) is 0.426. The van der Waals surface area contributed by atoms with Crippen molar-refractivity contribution in [1.82, 2.24) is 10.1 Å². The minimum atomic E-state index is -4.35. The van der Waals surface area contributed by atoms with E-state index < -0.39 is 22.4 Å². The zero-order chi connectivity index (χ0) is 8.48. The molecule has 11 heavy (non-hydrogen) atoms. The summed E-state index contributed by atoms with van der Waals surface area (Å²) in [4.78, 5) is 3.36. The van der Waals surface area contributed by atoms with Gasteiger partial charge in [-0.2, -0.15) is 18.2 Å². The molecule has 1 aromatic rings. The summed E-state index contributed by atoms with van der Waals surface area (Å²) in [6, 6.07) is 0. The van der Waals surface area contributed by atoms with Gasteiger partial charge in [0.15, 0.2) is 0 Å². The largest absolute Gasteiger partial charge is 0.449 e. The average molecular weight is 184 g/mol. The summed E-state index contributed by atoms with van der Waals surface area (Å²) >= 11 is -0.394. The van der Waals surface area contributed by atoms with Crippen LogP contribution in [0.2, 0.25) is 0 Å². The number of halogens is 3. The molecular weight excluding hydrogens is 181 g/mol. The van der Waals surface area contributed by atoms with E-state index in [0.717, 1.165) is 0 Å². The van der Waals surface area contributed by atoms with E-state index in [1.165, 1.54) is 6.92 Å². The Balaban J connectivity index is 2.65. The maximum atomic E-state index is 11.6. The van der Waals surface area contributed by atoms with E-state index in [-0.39, 0.29) is 5.89 Å². The van der Waals surface area contributed by atoms with Gasteiger partial charge in [0.25, 0.3) is 0 Å². The lowest BCUT2D eigenvalue weighted by Gasteiger charge is -1.98. The molecule has 1 rings (SSSR count). The van der Waals surface area contributed by atoms with Crippen LogP contribution in [0.15, 0.2) is 9.68 Å². The van der Waals surface area contributed by atoms with E-state index in [4.69, 9.17) is 0 Å². The summed E-state index contributed by atoms with van der Waals surface area (Å²) in [6.07, 6.45) is 0. The minimum absolute atomic E-state index is 0.122. The van der Waals surface area contributed by atoms with Crippen LogP contribution in [0.4, 0.5) is 13.2 Å². The fraction of sp³-hybridized carbons (Fsp3) is 0.500. The maximum Gasteiger partial charge on any atom is 0.449 e. The lowest BCUT2D eigenvalue weighted by molar-refractivity contribution is -0.0331. The van der Waals surface area contributed by atoms with Crippen molar-refractivity contribution in [2.24, 2.45) is 0 Å². The monoisotopic (exact) mass is 184 g/mol. The molecule has 1 aromatic heterocycles. The number of aryl methyl sites for hydroxylation is 1. The molecule has 62 valence electrons. The highest BCUT2D eigenvalue weighted by molar-refractivity contribution is 8.00. The summed E-state index contributed by atoms with van der Waals surface area (Å²) in [5, 5.41) is 2.65. The number of thioether (sulfide) groups is 1. The Kier molecular flexibility index (Phi) is 2.08. The van der Waals surface area contributed by atoms with Crippen LogP contribution in [0.3, 0.4) is 0 Å². The first-order valence-corrected chi connectivity index (χ1v) is 3.35. The molecule has 0 atom stereocenters. The number of hydrogen-bond acceptors (Lipinski definition) is 4. The number of rotatable bonds is 1. The quantitative estimate of drug-likeness (QED) is 0.625. The van der Waals surface area contributed by atoms with Gasteiger partial charge in [-0.3, -0.25) is 0 Å². The van der Waals surface area contributed by atoms with Crippen molar-refractivity contribution in [3.05, 3.63) is 5.89 Å². The van der Waals surface area contributed by atoms with E-state index in [1.807, 2.05) is 0 Å². The normalized spacial score (nSPS) is 12.0. The predicted octanol–water partition coefficient (Wildman–Crippen LogP) is 1.99. The van der Waals surface area contributed by atoms with Gasteiger partial charge in [-0.25, -0.2) is 0 Å². The Hall–Kier alpha value is -0.720. The topological polar surface area (TPSA) is 38.9 Å². The molecule has 0 spiro atoms. The van der Waals surface area contributed by atoms with Crippen LogP contribution in [0, 0.1) is 6.92 Å². The molecule has 0 unspecified atom stereocenters. The van der Waals surface area contributed by atoms with E-state index >= 15 is 0 Å². The number of hydrogen-bond donors (Lipinski definition) is 0. The molecule has 1 heterocycles. The zero-order valence-electron chi connectivity index (χ0n) is 5.34. The van der Waals surface area contributed by atoms with Crippen molar-refractivity contribution < 1.29 is 17.7 Å². The zero-order valence-corrected chi connectivity index (χ0v) is 6.16. The second kappa shape index (κ2) is 2.72. The summed E-state index contributed by atoms with van der Waals surface area (Å²) in [7, 11) is 0. The first-order valence-electron chi connectivity index (χ1n) is 2.53. The molecule has 0 aliphatic carbocycles. The van der Waals surface area contributed by atoms with Gasteiger partial charge in [0, 0.05) is 18.7 Å². The third-order valence-corrected chi connectivity index (χ3v) is 1.30. The highest BCUT2D eigenvalue weighted by Crippen LogP contribution is 2.34. The Morgan fingerprint density at radius 1 is 1.45 bits per heavy atom. The van der Waals surface area contributed by atoms with Crippen LogP contribution >= 0.6 is 11.8 Å². The molecule has 0 aliphatic rings. The number of alkyl halides is 3. The van der Waals surface area contributed by atoms with Crippen molar-refractivity contribution in [3.63, 3.8) is 0 Å². The van der Waals surface area contributed by atoms with Gasteiger partial charge in [0.2, 0.25) is 11.0 Å². The van der Waals surface area contributed by atoms with Gasteiger partial charge >= 0.3 is 5.51 Å². The van der Waals surface area contributed by atoms with E-state index in [2.05, 4.69) is 14.7 Å². The van der Waals surface area contributed by atoms with E-state index in [1.54, 1.807) is 0 Å². The van der Waals surface area contributed by atoms with Gasteiger partial charge in [0.05, 0.1) is 0 Å². The summed E-state index contributed by atoms with van der Waals surface area (Å²) < 4.78 is 39.1. The lowest BCUT2D eigenvalue weighted by atomic mass is 10.8. The molecule has 0 aromatic carbocycles. The summed E-state index contributed by atoms with van der Waals surface area (Å²) in [5.74, 6) is 0.122. The first-order chi connectivity index (χ1) is 4.97. The van der Waals surface area contributed by atoms with Gasteiger partial charge in [-0.1, -0.05) is 5.16 Å². The molecule has 0 radical (unpaired) electrons. The van der Waals surface area contributed by atoms with Crippen molar-refractivity contribution in [3.8, 4) is 0 Å².